The van der Waals surface area contributed by atoms with Gasteiger partial charge in [-0.3, -0.25) is 9.48 Å². The van der Waals surface area contributed by atoms with E-state index >= 15 is 0 Å². The Hall–Kier alpha value is -2.38. The Kier molecular flexibility index (Phi) is 6.84. The van der Waals surface area contributed by atoms with E-state index in [9.17, 15) is 4.79 Å². The molecular weight excluding hydrogens is 342 g/mol. The lowest BCUT2D eigenvalue weighted by atomic mass is 10.1. The summed E-state index contributed by atoms with van der Waals surface area (Å²) in [5.74, 6) is 0.690. The lowest BCUT2D eigenvalue weighted by Gasteiger charge is -2.22. The number of rotatable bonds is 8. The largest absolute Gasteiger partial charge is 0.492 e. The van der Waals surface area contributed by atoms with Gasteiger partial charge in [-0.15, -0.1) is 0 Å². The van der Waals surface area contributed by atoms with Gasteiger partial charge in [0.15, 0.2) is 0 Å². The van der Waals surface area contributed by atoms with Crippen molar-refractivity contribution in [2.24, 2.45) is 0 Å². The topological polar surface area (TPSA) is 71.4 Å². The number of nitrogens with zero attached hydrogens (tertiary/aromatic N) is 3. The van der Waals surface area contributed by atoms with E-state index in [-0.39, 0.29) is 5.91 Å². The summed E-state index contributed by atoms with van der Waals surface area (Å²) < 4.78 is 7.58. The van der Waals surface area contributed by atoms with Gasteiger partial charge < -0.3 is 20.3 Å². The third-order valence-electron chi connectivity index (χ3n) is 4.67. The molecule has 2 heterocycles. The van der Waals surface area contributed by atoms with Crippen LogP contribution in [-0.4, -0.2) is 60.9 Å². The maximum absolute atomic E-state index is 12.4. The number of aromatic nitrogens is 2. The molecule has 1 aromatic carbocycles. The predicted molar refractivity (Wildman–Crippen MR) is 105 cm³/mol. The Balaban J connectivity index is 1.46. The average Bonchev–Trinajstić information content (AvgIpc) is 3.18. The summed E-state index contributed by atoms with van der Waals surface area (Å²) in [6.07, 6.45) is 4.13. The summed E-state index contributed by atoms with van der Waals surface area (Å²) in [6, 6.07) is 9.92. The van der Waals surface area contributed by atoms with Gasteiger partial charge in [0.25, 0.3) is 5.91 Å². The highest BCUT2D eigenvalue weighted by Gasteiger charge is 2.17. The minimum absolute atomic E-state index is 0.149. The molecule has 7 heteroatoms. The Bertz CT molecular complexity index is 720. The van der Waals surface area contributed by atoms with Gasteiger partial charge >= 0.3 is 0 Å². The van der Waals surface area contributed by atoms with Crippen molar-refractivity contribution >= 4 is 5.91 Å². The van der Waals surface area contributed by atoms with Gasteiger partial charge in [0.2, 0.25) is 0 Å². The highest BCUT2D eigenvalue weighted by atomic mass is 16.5. The van der Waals surface area contributed by atoms with Crippen LogP contribution in [0.2, 0.25) is 0 Å². The van der Waals surface area contributed by atoms with Crippen molar-refractivity contribution < 1.29 is 9.53 Å². The molecule has 1 unspecified atom stereocenters. The van der Waals surface area contributed by atoms with Crippen molar-refractivity contribution in [2.75, 3.05) is 40.3 Å². The second kappa shape index (κ2) is 9.53. The minimum Gasteiger partial charge on any atom is -0.492 e. The van der Waals surface area contributed by atoms with Crippen molar-refractivity contribution in [2.45, 2.75) is 25.4 Å². The van der Waals surface area contributed by atoms with Crippen LogP contribution in [0.25, 0.3) is 0 Å². The molecule has 1 fully saturated rings. The zero-order valence-corrected chi connectivity index (χ0v) is 16.1. The van der Waals surface area contributed by atoms with Gasteiger partial charge in [0, 0.05) is 25.8 Å². The van der Waals surface area contributed by atoms with E-state index < -0.39 is 0 Å². The molecule has 2 N–H and O–H groups in total. The number of carbonyl (C=O) groups is 1. The van der Waals surface area contributed by atoms with Crippen LogP contribution in [-0.2, 0) is 6.54 Å². The van der Waals surface area contributed by atoms with E-state index in [0.29, 0.717) is 24.9 Å². The van der Waals surface area contributed by atoms with Gasteiger partial charge in [-0.1, -0.05) is 12.1 Å². The van der Waals surface area contributed by atoms with Crippen LogP contribution in [0.4, 0.5) is 0 Å². The molecule has 1 amide bonds. The molecule has 0 spiro atoms. The number of ether oxygens (including phenoxy) is 1. The molecule has 0 radical (unpaired) electrons. The van der Waals surface area contributed by atoms with Crippen LogP contribution in [0.5, 0.6) is 5.75 Å². The van der Waals surface area contributed by atoms with Crippen molar-refractivity contribution in [1.82, 2.24) is 25.3 Å². The lowest BCUT2D eigenvalue weighted by molar-refractivity contribution is 0.0944. The average molecular weight is 371 g/mol. The molecule has 3 rings (SSSR count). The van der Waals surface area contributed by atoms with E-state index in [4.69, 9.17) is 4.74 Å². The standard InChI is InChI=1S/C20H29N5O2/c1-24(2)12-13-27-18-7-5-16(6-8-18)14-22-20(26)19-9-11-25(23-19)17-4-3-10-21-15-17/h5-9,11,17,21H,3-4,10,12-15H2,1-2H3,(H,22,26). The van der Waals surface area contributed by atoms with Gasteiger partial charge in [-0.05, 0) is 57.2 Å². The Morgan fingerprint density at radius 2 is 2.15 bits per heavy atom. The van der Waals surface area contributed by atoms with Gasteiger partial charge in [0.1, 0.15) is 18.1 Å². The Morgan fingerprint density at radius 3 is 2.85 bits per heavy atom. The number of hydrogen-bond acceptors (Lipinski definition) is 5. The number of nitrogens with one attached hydrogen (secondary N) is 2. The zero-order valence-electron chi connectivity index (χ0n) is 16.1. The first-order valence-electron chi connectivity index (χ1n) is 9.52. The number of benzene rings is 1. The number of amides is 1. The second-order valence-corrected chi connectivity index (χ2v) is 7.16. The van der Waals surface area contributed by atoms with Crippen LogP contribution in [0.1, 0.15) is 34.9 Å². The molecule has 27 heavy (non-hydrogen) atoms. The maximum atomic E-state index is 12.4. The molecule has 1 aromatic heterocycles. The molecule has 7 nitrogen and oxygen atoms in total. The molecule has 0 saturated carbocycles. The Labute approximate surface area is 160 Å². The molecule has 2 aromatic rings. The summed E-state index contributed by atoms with van der Waals surface area (Å²) in [7, 11) is 4.04. The van der Waals surface area contributed by atoms with E-state index in [2.05, 4.69) is 20.6 Å². The fourth-order valence-corrected chi connectivity index (χ4v) is 3.04. The number of carbonyl (C=O) groups excluding carboxylic acids is 1. The van der Waals surface area contributed by atoms with Crippen LogP contribution in [0.15, 0.2) is 36.5 Å². The third kappa shape index (κ3) is 5.80. The highest BCUT2D eigenvalue weighted by Crippen LogP contribution is 2.16. The van der Waals surface area contributed by atoms with E-state index in [1.807, 2.05) is 49.2 Å². The fourth-order valence-electron chi connectivity index (χ4n) is 3.04. The smallest absolute Gasteiger partial charge is 0.272 e. The summed E-state index contributed by atoms with van der Waals surface area (Å²) >= 11 is 0. The maximum Gasteiger partial charge on any atom is 0.272 e. The normalized spacial score (nSPS) is 17.1. The molecule has 0 bridgehead atoms. The first-order valence-corrected chi connectivity index (χ1v) is 9.52. The first-order chi connectivity index (χ1) is 13.1. The van der Waals surface area contributed by atoms with E-state index in [1.54, 1.807) is 6.07 Å². The van der Waals surface area contributed by atoms with Crippen molar-refractivity contribution in [3.63, 3.8) is 0 Å². The molecule has 0 aliphatic carbocycles. The monoisotopic (exact) mass is 371 g/mol. The van der Waals surface area contributed by atoms with Crippen LogP contribution < -0.4 is 15.4 Å². The summed E-state index contributed by atoms with van der Waals surface area (Å²) in [5.41, 5.74) is 1.49. The lowest BCUT2D eigenvalue weighted by Crippen LogP contribution is -2.32. The van der Waals surface area contributed by atoms with Crippen LogP contribution in [0.3, 0.4) is 0 Å². The SMILES string of the molecule is CN(C)CCOc1ccc(CNC(=O)c2ccn(C3CCCNC3)n2)cc1. The number of hydrogen-bond donors (Lipinski definition) is 2. The first kappa shape index (κ1) is 19.4. The summed E-state index contributed by atoms with van der Waals surface area (Å²) in [5, 5.41) is 10.7. The van der Waals surface area contributed by atoms with Crippen LogP contribution >= 0.6 is 0 Å². The number of piperidine rings is 1. The van der Waals surface area contributed by atoms with Gasteiger partial charge in [-0.2, -0.15) is 5.10 Å². The van der Waals surface area contributed by atoms with E-state index in [0.717, 1.165) is 43.8 Å². The third-order valence-corrected chi connectivity index (χ3v) is 4.67. The summed E-state index contributed by atoms with van der Waals surface area (Å²) in [6.45, 7) is 3.97. The van der Waals surface area contributed by atoms with Crippen LogP contribution in [0, 0.1) is 0 Å². The van der Waals surface area contributed by atoms with Crippen molar-refractivity contribution in [3.05, 3.63) is 47.8 Å². The minimum atomic E-state index is -0.149. The van der Waals surface area contributed by atoms with Crippen molar-refractivity contribution in [1.29, 1.82) is 0 Å². The molecule has 1 atom stereocenters. The summed E-state index contributed by atoms with van der Waals surface area (Å²) in [4.78, 5) is 14.4. The quantitative estimate of drug-likeness (QED) is 0.739. The molecule has 1 aliphatic heterocycles. The molecule has 146 valence electrons. The second-order valence-electron chi connectivity index (χ2n) is 7.16. The highest BCUT2D eigenvalue weighted by molar-refractivity contribution is 5.92. The Morgan fingerprint density at radius 1 is 1.33 bits per heavy atom. The molecular formula is C20H29N5O2. The molecule has 1 saturated heterocycles. The van der Waals surface area contributed by atoms with Gasteiger partial charge in [-0.25, -0.2) is 0 Å². The zero-order chi connectivity index (χ0) is 19.1. The predicted octanol–water partition coefficient (Wildman–Crippen LogP) is 1.68. The number of likely N-dealkylation sites (N-methyl/N-ethyl adjacent to an activating group) is 1. The van der Waals surface area contributed by atoms with E-state index in [1.165, 1.54) is 0 Å². The fraction of sp³-hybridized carbons (Fsp3) is 0.500. The van der Waals surface area contributed by atoms with Gasteiger partial charge in [0.05, 0.1) is 6.04 Å². The van der Waals surface area contributed by atoms with Crippen molar-refractivity contribution in [3.8, 4) is 5.75 Å². The molecule has 1 aliphatic rings.